The summed E-state index contributed by atoms with van der Waals surface area (Å²) >= 11 is 1.17. The van der Waals surface area contributed by atoms with Gasteiger partial charge in [0.15, 0.2) is 5.75 Å². The molecular weight excluding hydrogens is 290 g/mol. The minimum absolute atomic E-state index is 0.0473. The topological polar surface area (TPSA) is 67.8 Å². The van der Waals surface area contributed by atoms with Crippen LogP contribution in [0.1, 0.15) is 15.2 Å². The van der Waals surface area contributed by atoms with E-state index in [1.807, 2.05) is 30.3 Å². The van der Waals surface area contributed by atoms with Gasteiger partial charge in [0.1, 0.15) is 17.2 Å². The molecule has 0 bridgehead atoms. The lowest BCUT2D eigenvalue weighted by Crippen LogP contribution is -2.35. The van der Waals surface area contributed by atoms with Crippen LogP contribution < -0.4 is 10.1 Å². The van der Waals surface area contributed by atoms with Gasteiger partial charge in [-0.3, -0.25) is 0 Å². The van der Waals surface area contributed by atoms with Gasteiger partial charge < -0.3 is 19.9 Å². The molecule has 21 heavy (non-hydrogen) atoms. The van der Waals surface area contributed by atoms with Crippen LogP contribution in [0, 0.1) is 0 Å². The summed E-state index contributed by atoms with van der Waals surface area (Å²) in [6, 6.07) is 9.86. The molecule has 1 aromatic carbocycles. The van der Waals surface area contributed by atoms with Crippen LogP contribution in [-0.2, 0) is 11.3 Å². The van der Waals surface area contributed by atoms with Crippen LogP contribution in [0.5, 0.6) is 5.75 Å². The molecule has 1 aliphatic rings. The number of carboxylic acid groups (broad SMARTS) is 1. The molecule has 2 aromatic rings. The van der Waals surface area contributed by atoms with Crippen molar-refractivity contribution in [1.82, 2.24) is 0 Å². The van der Waals surface area contributed by atoms with Gasteiger partial charge in [0.25, 0.3) is 0 Å². The van der Waals surface area contributed by atoms with Crippen molar-refractivity contribution in [3.05, 3.63) is 46.2 Å². The highest BCUT2D eigenvalue weighted by atomic mass is 32.1. The van der Waals surface area contributed by atoms with Crippen LogP contribution >= 0.6 is 11.3 Å². The maximum Gasteiger partial charge on any atom is 0.348 e. The van der Waals surface area contributed by atoms with Crippen LogP contribution in [0.15, 0.2) is 35.7 Å². The Bertz CT molecular complexity index is 626. The van der Waals surface area contributed by atoms with Gasteiger partial charge in [-0.1, -0.05) is 30.3 Å². The number of carbonyl (C=O) groups is 1. The van der Waals surface area contributed by atoms with Gasteiger partial charge in [-0.25, -0.2) is 4.79 Å². The molecule has 0 fully saturated rings. The summed E-state index contributed by atoms with van der Waals surface area (Å²) in [6.07, 6.45) is 0. The number of ether oxygens (including phenoxy) is 2. The fourth-order valence-electron chi connectivity index (χ4n) is 2.16. The van der Waals surface area contributed by atoms with Crippen LogP contribution in [-0.4, -0.2) is 30.3 Å². The predicted octanol–water partition coefficient (Wildman–Crippen LogP) is 2.84. The van der Waals surface area contributed by atoms with Crippen molar-refractivity contribution in [3.63, 3.8) is 0 Å². The predicted molar refractivity (Wildman–Crippen MR) is 80.3 cm³/mol. The van der Waals surface area contributed by atoms with Crippen LogP contribution in [0.2, 0.25) is 0 Å². The molecule has 1 atom stereocenters. The van der Waals surface area contributed by atoms with E-state index in [4.69, 9.17) is 14.6 Å². The molecule has 0 saturated heterocycles. The first-order valence-electron chi connectivity index (χ1n) is 6.60. The number of nitrogens with one attached hydrogen (secondary N) is 1. The number of thiophene rings is 1. The lowest BCUT2D eigenvalue weighted by atomic mass is 10.2. The van der Waals surface area contributed by atoms with E-state index >= 15 is 0 Å². The maximum absolute atomic E-state index is 11.1. The first-order valence-corrected chi connectivity index (χ1v) is 7.48. The van der Waals surface area contributed by atoms with E-state index < -0.39 is 5.97 Å². The van der Waals surface area contributed by atoms with Gasteiger partial charge in [0, 0.05) is 5.38 Å². The van der Waals surface area contributed by atoms with Crippen LogP contribution in [0.25, 0.3) is 0 Å². The maximum atomic E-state index is 11.1. The third-order valence-corrected chi connectivity index (χ3v) is 4.12. The Labute approximate surface area is 126 Å². The smallest absolute Gasteiger partial charge is 0.348 e. The number of carboxylic acids is 1. The Morgan fingerprint density at radius 2 is 2.24 bits per heavy atom. The van der Waals surface area contributed by atoms with Gasteiger partial charge in [-0.15, -0.1) is 11.3 Å². The third kappa shape index (κ3) is 3.17. The van der Waals surface area contributed by atoms with Crippen molar-refractivity contribution >= 4 is 23.0 Å². The summed E-state index contributed by atoms with van der Waals surface area (Å²) in [6.45, 7) is 1.46. The van der Waals surface area contributed by atoms with E-state index in [-0.39, 0.29) is 10.9 Å². The molecule has 0 unspecified atom stereocenters. The zero-order valence-electron chi connectivity index (χ0n) is 11.2. The number of rotatable bonds is 5. The Morgan fingerprint density at radius 3 is 3.00 bits per heavy atom. The Hall–Kier alpha value is -2.05. The van der Waals surface area contributed by atoms with Crippen LogP contribution in [0.4, 0.5) is 5.69 Å². The SMILES string of the molecule is O=C(O)c1scc2c1N[C@H](COCc1ccccc1)CO2. The molecule has 1 aliphatic heterocycles. The fraction of sp³-hybridized carbons (Fsp3) is 0.267. The first kappa shape index (κ1) is 13.9. The third-order valence-electron chi connectivity index (χ3n) is 3.17. The van der Waals surface area contributed by atoms with E-state index in [2.05, 4.69) is 5.32 Å². The summed E-state index contributed by atoms with van der Waals surface area (Å²) < 4.78 is 11.2. The largest absolute Gasteiger partial charge is 0.488 e. The summed E-state index contributed by atoms with van der Waals surface area (Å²) in [5.41, 5.74) is 1.67. The van der Waals surface area contributed by atoms with E-state index in [1.54, 1.807) is 5.38 Å². The summed E-state index contributed by atoms with van der Waals surface area (Å²) in [7, 11) is 0. The molecule has 110 valence electrons. The number of hydrogen-bond acceptors (Lipinski definition) is 5. The van der Waals surface area contributed by atoms with Gasteiger partial charge >= 0.3 is 5.97 Å². The van der Waals surface area contributed by atoms with Crippen molar-refractivity contribution in [3.8, 4) is 5.75 Å². The average molecular weight is 305 g/mol. The van der Waals surface area contributed by atoms with Gasteiger partial charge in [-0.2, -0.15) is 0 Å². The standard InChI is InChI=1S/C15H15NO4S/c17-15(18)14-13-12(9-21-14)20-8-11(16-13)7-19-6-10-4-2-1-3-5-10/h1-5,9,11,16H,6-8H2,(H,17,18)/t11-/m1/s1. The molecule has 2 N–H and O–H groups in total. The van der Waals surface area contributed by atoms with E-state index in [9.17, 15) is 4.79 Å². The number of aromatic carboxylic acids is 1. The summed E-state index contributed by atoms with van der Waals surface area (Å²) in [4.78, 5) is 11.4. The number of hydrogen-bond donors (Lipinski definition) is 2. The fourth-order valence-corrected chi connectivity index (χ4v) is 2.95. The van der Waals surface area contributed by atoms with E-state index in [0.29, 0.717) is 31.3 Å². The quantitative estimate of drug-likeness (QED) is 0.889. The molecule has 5 nitrogen and oxygen atoms in total. The zero-order valence-corrected chi connectivity index (χ0v) is 12.1. The molecule has 6 heteroatoms. The monoisotopic (exact) mass is 305 g/mol. The normalized spacial score (nSPS) is 16.7. The highest BCUT2D eigenvalue weighted by molar-refractivity contribution is 7.13. The highest BCUT2D eigenvalue weighted by Crippen LogP contribution is 2.37. The Balaban J connectivity index is 1.56. The van der Waals surface area contributed by atoms with Crippen molar-refractivity contribution in [1.29, 1.82) is 0 Å². The average Bonchev–Trinajstić information content (AvgIpc) is 2.92. The van der Waals surface area contributed by atoms with E-state index in [1.165, 1.54) is 11.3 Å². The minimum Gasteiger partial charge on any atom is -0.488 e. The molecular formula is C15H15NO4S. The van der Waals surface area contributed by atoms with Crippen LogP contribution in [0.3, 0.4) is 0 Å². The van der Waals surface area contributed by atoms with Crippen molar-refractivity contribution in [2.24, 2.45) is 0 Å². The lowest BCUT2D eigenvalue weighted by molar-refractivity contribution is 0.0701. The van der Waals surface area contributed by atoms with Crippen molar-refractivity contribution < 1.29 is 19.4 Å². The van der Waals surface area contributed by atoms with Crippen molar-refractivity contribution in [2.75, 3.05) is 18.5 Å². The molecule has 0 radical (unpaired) electrons. The number of fused-ring (bicyclic) bond motifs is 1. The van der Waals surface area contributed by atoms with Gasteiger partial charge in [0.2, 0.25) is 0 Å². The lowest BCUT2D eigenvalue weighted by Gasteiger charge is -2.25. The molecule has 3 rings (SSSR count). The Morgan fingerprint density at radius 1 is 1.43 bits per heavy atom. The number of benzene rings is 1. The van der Waals surface area contributed by atoms with Crippen molar-refractivity contribution in [2.45, 2.75) is 12.6 Å². The zero-order chi connectivity index (χ0) is 14.7. The molecule has 0 spiro atoms. The Kier molecular flexibility index (Phi) is 4.08. The van der Waals surface area contributed by atoms with E-state index in [0.717, 1.165) is 5.56 Å². The summed E-state index contributed by atoms with van der Waals surface area (Å²) in [5, 5.41) is 14.0. The van der Waals surface area contributed by atoms with Gasteiger partial charge in [-0.05, 0) is 5.56 Å². The first-order chi connectivity index (χ1) is 10.2. The second-order valence-electron chi connectivity index (χ2n) is 4.76. The minimum atomic E-state index is -0.941. The molecule has 0 amide bonds. The van der Waals surface area contributed by atoms with Gasteiger partial charge in [0.05, 0.1) is 19.3 Å². The molecule has 2 heterocycles. The summed E-state index contributed by atoms with van der Waals surface area (Å²) in [5.74, 6) is -0.333. The molecule has 0 saturated carbocycles. The highest BCUT2D eigenvalue weighted by Gasteiger charge is 2.26. The number of anilines is 1. The molecule has 1 aromatic heterocycles. The second kappa shape index (κ2) is 6.15. The molecule has 0 aliphatic carbocycles. The second-order valence-corrected chi connectivity index (χ2v) is 5.64.